The Morgan fingerprint density at radius 3 is 2.25 bits per heavy atom. The van der Waals surface area contributed by atoms with Crippen LogP contribution in [0.1, 0.15) is 17.0 Å². The molecule has 0 radical (unpaired) electrons. The van der Waals surface area contributed by atoms with Crippen LogP contribution in [-0.4, -0.2) is 31.7 Å². The van der Waals surface area contributed by atoms with Crippen LogP contribution in [0.4, 0.5) is 11.4 Å². The van der Waals surface area contributed by atoms with Gasteiger partial charge in [0.1, 0.15) is 0 Å². The van der Waals surface area contributed by atoms with E-state index in [0.29, 0.717) is 17.8 Å². The smallest absolute Gasteiger partial charge is 0.291 e. The van der Waals surface area contributed by atoms with Crippen molar-refractivity contribution in [2.45, 2.75) is 6.42 Å². The van der Waals surface area contributed by atoms with Crippen LogP contribution < -0.4 is 10.6 Å². The summed E-state index contributed by atoms with van der Waals surface area (Å²) in [5.41, 5.74) is 1.10. The summed E-state index contributed by atoms with van der Waals surface area (Å²) in [6.07, 6.45) is 1.77. The van der Waals surface area contributed by atoms with Crippen LogP contribution in [0.15, 0.2) is 47.1 Å². The molecule has 1 aromatic carbocycles. The van der Waals surface area contributed by atoms with Crippen LogP contribution in [0, 0.1) is 5.92 Å². The predicted molar refractivity (Wildman–Crippen MR) is 88.5 cm³/mol. The maximum Gasteiger partial charge on any atom is 0.291 e. The molecule has 1 aliphatic rings. The van der Waals surface area contributed by atoms with Crippen molar-refractivity contribution in [3.63, 3.8) is 0 Å². The van der Waals surface area contributed by atoms with Crippen molar-refractivity contribution in [1.82, 2.24) is 0 Å². The van der Waals surface area contributed by atoms with Gasteiger partial charge in [-0.1, -0.05) is 0 Å². The number of anilines is 2. The van der Waals surface area contributed by atoms with Gasteiger partial charge in [0.25, 0.3) is 5.91 Å². The standard InChI is InChI=1S/C16H16N2O5S/c19-15(11-7-9-24(21,22)10-11)17-12-3-5-13(6-4-12)18-16(20)14-2-1-8-23-14/h1-6,8,11H,7,9-10H2,(H,17,19)(H,18,20). The van der Waals surface area contributed by atoms with E-state index in [1.807, 2.05) is 0 Å². The Kier molecular flexibility index (Phi) is 4.39. The fourth-order valence-electron chi connectivity index (χ4n) is 2.48. The van der Waals surface area contributed by atoms with Crippen LogP contribution in [0.5, 0.6) is 0 Å². The molecule has 0 spiro atoms. The molecule has 3 rings (SSSR count). The summed E-state index contributed by atoms with van der Waals surface area (Å²) in [5, 5.41) is 5.36. The summed E-state index contributed by atoms with van der Waals surface area (Å²) >= 11 is 0. The number of hydrogen-bond donors (Lipinski definition) is 2. The number of benzene rings is 1. The second kappa shape index (κ2) is 6.48. The lowest BCUT2D eigenvalue weighted by molar-refractivity contribution is -0.119. The average molecular weight is 348 g/mol. The van der Waals surface area contributed by atoms with Crippen molar-refractivity contribution in [3.05, 3.63) is 48.4 Å². The molecule has 7 nitrogen and oxygen atoms in total. The van der Waals surface area contributed by atoms with E-state index in [0.717, 1.165) is 0 Å². The van der Waals surface area contributed by atoms with Gasteiger partial charge in [0, 0.05) is 11.4 Å². The van der Waals surface area contributed by atoms with Crippen molar-refractivity contribution in [1.29, 1.82) is 0 Å². The molecule has 0 bridgehead atoms. The minimum absolute atomic E-state index is 0.0584. The highest BCUT2D eigenvalue weighted by Crippen LogP contribution is 2.21. The molecule has 2 N–H and O–H groups in total. The van der Waals surface area contributed by atoms with E-state index in [9.17, 15) is 18.0 Å². The summed E-state index contributed by atoms with van der Waals surface area (Å²) in [6.45, 7) is 0. The van der Waals surface area contributed by atoms with Crippen LogP contribution in [0.25, 0.3) is 0 Å². The molecule has 24 heavy (non-hydrogen) atoms. The highest BCUT2D eigenvalue weighted by atomic mass is 32.2. The minimum atomic E-state index is -3.09. The molecule has 1 fully saturated rings. The average Bonchev–Trinajstić information content (AvgIpc) is 3.18. The van der Waals surface area contributed by atoms with Crippen molar-refractivity contribution in [2.24, 2.45) is 5.92 Å². The van der Waals surface area contributed by atoms with Gasteiger partial charge in [0.05, 0.1) is 23.7 Å². The maximum absolute atomic E-state index is 12.1. The van der Waals surface area contributed by atoms with Crippen molar-refractivity contribution in [2.75, 3.05) is 22.1 Å². The van der Waals surface area contributed by atoms with E-state index in [-0.39, 0.29) is 29.1 Å². The van der Waals surface area contributed by atoms with Crippen LogP contribution in [0.3, 0.4) is 0 Å². The lowest BCUT2D eigenvalue weighted by Crippen LogP contribution is -2.23. The number of hydrogen-bond acceptors (Lipinski definition) is 5. The van der Waals surface area contributed by atoms with Gasteiger partial charge < -0.3 is 15.1 Å². The van der Waals surface area contributed by atoms with Gasteiger partial charge in [0.2, 0.25) is 5.91 Å². The molecule has 2 heterocycles. The Balaban J connectivity index is 1.58. The minimum Gasteiger partial charge on any atom is -0.459 e. The Morgan fingerprint density at radius 2 is 1.71 bits per heavy atom. The van der Waals surface area contributed by atoms with Gasteiger partial charge in [-0.2, -0.15) is 0 Å². The molecule has 2 amide bonds. The fraction of sp³-hybridized carbons (Fsp3) is 0.250. The summed E-state index contributed by atoms with van der Waals surface area (Å²) in [5.74, 6) is -1.02. The second-order valence-corrected chi connectivity index (χ2v) is 7.83. The molecular formula is C16H16N2O5S. The Labute approximate surface area is 139 Å². The normalized spacial score (nSPS) is 18.9. The number of carbonyl (C=O) groups is 2. The molecule has 1 saturated heterocycles. The zero-order valence-electron chi connectivity index (χ0n) is 12.7. The van der Waals surface area contributed by atoms with Gasteiger partial charge >= 0.3 is 0 Å². The number of furan rings is 1. The Bertz CT molecular complexity index is 841. The van der Waals surface area contributed by atoms with E-state index in [4.69, 9.17) is 4.42 Å². The van der Waals surface area contributed by atoms with Gasteiger partial charge in [-0.15, -0.1) is 0 Å². The van der Waals surface area contributed by atoms with Crippen LogP contribution in [-0.2, 0) is 14.6 Å². The van der Waals surface area contributed by atoms with Gasteiger partial charge in [-0.05, 0) is 42.8 Å². The topological polar surface area (TPSA) is 105 Å². The number of amides is 2. The van der Waals surface area contributed by atoms with Gasteiger partial charge in [-0.25, -0.2) is 8.42 Å². The quantitative estimate of drug-likeness (QED) is 0.878. The third kappa shape index (κ3) is 3.83. The highest BCUT2D eigenvalue weighted by Gasteiger charge is 2.32. The fourth-order valence-corrected chi connectivity index (χ4v) is 4.22. The molecular weight excluding hydrogens is 332 g/mol. The van der Waals surface area contributed by atoms with E-state index >= 15 is 0 Å². The van der Waals surface area contributed by atoms with E-state index in [1.165, 1.54) is 6.26 Å². The molecule has 1 unspecified atom stereocenters. The number of sulfone groups is 1. The van der Waals surface area contributed by atoms with Gasteiger partial charge in [-0.3, -0.25) is 9.59 Å². The van der Waals surface area contributed by atoms with Crippen molar-refractivity contribution >= 4 is 33.0 Å². The molecule has 1 atom stereocenters. The maximum atomic E-state index is 12.1. The third-order valence-corrected chi connectivity index (χ3v) is 5.53. The molecule has 0 aliphatic carbocycles. The first kappa shape index (κ1) is 16.3. The summed E-state index contributed by atoms with van der Waals surface area (Å²) in [6, 6.07) is 9.73. The summed E-state index contributed by atoms with van der Waals surface area (Å²) in [4.78, 5) is 23.9. The largest absolute Gasteiger partial charge is 0.459 e. The summed E-state index contributed by atoms with van der Waals surface area (Å²) < 4.78 is 27.8. The molecule has 0 saturated carbocycles. The first-order valence-electron chi connectivity index (χ1n) is 7.39. The van der Waals surface area contributed by atoms with E-state index < -0.39 is 15.8 Å². The van der Waals surface area contributed by atoms with Crippen molar-refractivity contribution in [3.8, 4) is 0 Å². The zero-order valence-corrected chi connectivity index (χ0v) is 13.5. The van der Waals surface area contributed by atoms with Crippen LogP contribution in [0.2, 0.25) is 0 Å². The lowest BCUT2D eigenvalue weighted by Gasteiger charge is -2.10. The SMILES string of the molecule is O=C(Nc1ccc(NC(=O)C2CCS(=O)(=O)C2)cc1)c1ccco1. The molecule has 126 valence electrons. The predicted octanol–water partition coefficient (Wildman–Crippen LogP) is 1.91. The first-order valence-corrected chi connectivity index (χ1v) is 9.21. The molecule has 8 heteroatoms. The molecule has 1 aliphatic heterocycles. The Hall–Kier alpha value is -2.61. The highest BCUT2D eigenvalue weighted by molar-refractivity contribution is 7.91. The van der Waals surface area contributed by atoms with Crippen molar-refractivity contribution < 1.29 is 22.4 Å². The van der Waals surface area contributed by atoms with Crippen LogP contribution >= 0.6 is 0 Å². The monoisotopic (exact) mass is 348 g/mol. The third-order valence-electron chi connectivity index (χ3n) is 3.76. The zero-order chi connectivity index (χ0) is 17.2. The first-order chi connectivity index (χ1) is 11.4. The van der Waals surface area contributed by atoms with Gasteiger partial charge in [0.15, 0.2) is 15.6 Å². The second-order valence-electron chi connectivity index (χ2n) is 5.60. The number of rotatable bonds is 4. The summed E-state index contributed by atoms with van der Waals surface area (Å²) in [7, 11) is -3.09. The lowest BCUT2D eigenvalue weighted by atomic mass is 10.1. The Morgan fingerprint density at radius 1 is 1.04 bits per heavy atom. The molecule has 1 aromatic heterocycles. The van der Waals surface area contributed by atoms with E-state index in [1.54, 1.807) is 36.4 Å². The number of carbonyl (C=O) groups excluding carboxylic acids is 2. The molecule has 2 aromatic rings. The number of nitrogens with one attached hydrogen (secondary N) is 2. The van der Waals surface area contributed by atoms with E-state index in [2.05, 4.69) is 10.6 Å².